The Morgan fingerprint density at radius 3 is 2.07 bits per heavy atom. The summed E-state index contributed by atoms with van der Waals surface area (Å²) >= 11 is 16.1. The van der Waals surface area contributed by atoms with E-state index in [1.54, 1.807) is 13.8 Å². The Morgan fingerprint density at radius 1 is 1.36 bits per heavy atom. The molecule has 14 heavy (non-hydrogen) atoms. The van der Waals surface area contributed by atoms with Gasteiger partial charge in [-0.25, -0.2) is 0 Å². The number of allylic oxidation sites excluding steroid dienone is 1. The summed E-state index contributed by atoms with van der Waals surface area (Å²) in [6.07, 6.45) is 1.40. The minimum Gasteiger partial charge on any atom is -0.396 e. The van der Waals surface area contributed by atoms with Crippen LogP contribution in [0.5, 0.6) is 0 Å². The van der Waals surface area contributed by atoms with Gasteiger partial charge in [-0.1, -0.05) is 34.8 Å². The van der Waals surface area contributed by atoms with E-state index in [9.17, 15) is 4.79 Å². The average Bonchev–Trinajstić information content (AvgIpc) is 2.00. The highest BCUT2D eigenvalue weighted by Gasteiger charge is 2.33. The van der Waals surface area contributed by atoms with Gasteiger partial charge in [-0.15, -0.1) is 0 Å². The van der Waals surface area contributed by atoms with Crippen molar-refractivity contribution in [3.05, 3.63) is 11.8 Å². The topological polar surface area (TPSA) is 52.3 Å². The molecule has 0 heterocycles. The molecule has 0 aliphatic heterocycles. The highest BCUT2D eigenvalue weighted by atomic mass is 35.6. The van der Waals surface area contributed by atoms with Crippen LogP contribution in [0.3, 0.4) is 0 Å². The van der Waals surface area contributed by atoms with Crippen molar-refractivity contribution in [3.8, 4) is 0 Å². The molecule has 3 nitrogen and oxygen atoms in total. The van der Waals surface area contributed by atoms with Crippen LogP contribution in [0, 0.1) is 0 Å². The Labute approximate surface area is 98.1 Å². The van der Waals surface area contributed by atoms with E-state index in [-0.39, 0.29) is 5.70 Å². The lowest BCUT2D eigenvalue weighted by atomic mass is 10.1. The predicted octanol–water partition coefficient (Wildman–Crippen LogP) is 2.19. The molecule has 0 atom stereocenters. The number of hydrogen-bond donors (Lipinski definition) is 1. The first-order chi connectivity index (χ1) is 6.10. The number of methoxy groups -OCH3 is 1. The smallest absolute Gasteiger partial charge is 0.254 e. The number of rotatable bonds is 3. The zero-order chi connectivity index (χ0) is 11.6. The molecule has 0 fully saturated rings. The molecule has 0 aliphatic carbocycles. The minimum atomic E-state index is -2.02. The highest BCUT2D eigenvalue weighted by Crippen LogP contribution is 2.29. The van der Waals surface area contributed by atoms with E-state index in [1.165, 1.54) is 13.2 Å². The summed E-state index contributed by atoms with van der Waals surface area (Å²) in [4.78, 5) is 11.3. The van der Waals surface area contributed by atoms with Gasteiger partial charge >= 0.3 is 0 Å². The number of carbonyl (C=O) groups excluding carboxylic acids is 1. The Morgan fingerprint density at radius 2 is 1.79 bits per heavy atom. The number of nitrogens with two attached hydrogens (primary N) is 1. The lowest BCUT2D eigenvalue weighted by Crippen LogP contribution is -2.29. The van der Waals surface area contributed by atoms with Crippen molar-refractivity contribution >= 4 is 40.6 Å². The Hall–Kier alpha value is 0.0400. The van der Waals surface area contributed by atoms with E-state index in [2.05, 4.69) is 0 Å². The molecule has 0 saturated heterocycles. The normalized spacial score (nSPS) is 14.3. The lowest BCUT2D eigenvalue weighted by Gasteiger charge is -2.19. The summed E-state index contributed by atoms with van der Waals surface area (Å²) in [5, 5.41) is 0. The molecule has 6 heteroatoms. The molecule has 0 radical (unpaired) electrons. The Kier molecular flexibility index (Phi) is 4.72. The molecule has 0 aromatic rings. The molecule has 0 aliphatic rings. The second-order valence-electron chi connectivity index (χ2n) is 3.23. The molecule has 2 N–H and O–H groups in total. The van der Waals surface area contributed by atoms with Crippen molar-refractivity contribution in [2.45, 2.75) is 23.2 Å². The number of hydrogen-bond acceptors (Lipinski definition) is 3. The van der Waals surface area contributed by atoms with Gasteiger partial charge < -0.3 is 10.5 Å². The number of Topliss-reactive ketones (excluding diaryl/α,β-unsaturated/α-hetero) is 1. The van der Waals surface area contributed by atoms with Gasteiger partial charge in [0.1, 0.15) is 0 Å². The van der Waals surface area contributed by atoms with E-state index >= 15 is 0 Å². The molecular formula is C8H12Cl3NO2. The second kappa shape index (κ2) is 4.71. The van der Waals surface area contributed by atoms with Gasteiger partial charge in [-0.3, -0.25) is 4.79 Å². The Balaban J connectivity index is 4.80. The number of halogens is 3. The number of ketones is 1. The zero-order valence-corrected chi connectivity index (χ0v) is 10.4. The standard InChI is InChI=1S/C8H12Cl3NO2/c1-7(2,14-3)4-5(12)6(13)8(9,10)11/h4H,12H2,1-3H3/b5-4-. The first-order valence-corrected chi connectivity index (χ1v) is 4.88. The quantitative estimate of drug-likeness (QED) is 0.625. The van der Waals surface area contributed by atoms with E-state index < -0.39 is 15.2 Å². The summed E-state index contributed by atoms with van der Waals surface area (Å²) in [5.74, 6) is -0.757. The fourth-order valence-corrected chi connectivity index (χ4v) is 0.990. The van der Waals surface area contributed by atoms with Crippen LogP contribution in [0.25, 0.3) is 0 Å². The van der Waals surface area contributed by atoms with Gasteiger partial charge in [0.15, 0.2) is 0 Å². The fraction of sp³-hybridized carbons (Fsp3) is 0.625. The molecule has 0 aromatic carbocycles. The Bertz CT molecular complexity index is 256. The average molecular weight is 261 g/mol. The van der Waals surface area contributed by atoms with Crippen molar-refractivity contribution in [1.82, 2.24) is 0 Å². The third-order valence-electron chi connectivity index (χ3n) is 1.55. The van der Waals surface area contributed by atoms with Crippen molar-refractivity contribution < 1.29 is 9.53 Å². The molecular weight excluding hydrogens is 248 g/mol. The van der Waals surface area contributed by atoms with E-state index in [0.717, 1.165) is 0 Å². The monoisotopic (exact) mass is 259 g/mol. The second-order valence-corrected chi connectivity index (χ2v) is 5.52. The molecule has 0 unspecified atom stereocenters. The summed E-state index contributed by atoms with van der Waals surface area (Å²) in [7, 11) is 1.49. The summed E-state index contributed by atoms with van der Waals surface area (Å²) in [6, 6.07) is 0. The van der Waals surface area contributed by atoms with Crippen LogP contribution in [0.1, 0.15) is 13.8 Å². The maximum atomic E-state index is 11.3. The van der Waals surface area contributed by atoms with Gasteiger partial charge in [0, 0.05) is 7.11 Å². The molecule has 82 valence electrons. The zero-order valence-electron chi connectivity index (χ0n) is 8.11. The largest absolute Gasteiger partial charge is 0.396 e. The predicted molar refractivity (Wildman–Crippen MR) is 58.7 cm³/mol. The molecule has 0 rings (SSSR count). The van der Waals surface area contributed by atoms with Gasteiger partial charge in [0.25, 0.3) is 3.79 Å². The third kappa shape index (κ3) is 4.51. The van der Waals surface area contributed by atoms with Gasteiger partial charge in [0.2, 0.25) is 5.78 Å². The van der Waals surface area contributed by atoms with Crippen LogP contribution in [0.2, 0.25) is 0 Å². The van der Waals surface area contributed by atoms with Crippen LogP contribution >= 0.6 is 34.8 Å². The molecule has 0 aromatic heterocycles. The third-order valence-corrected chi connectivity index (χ3v) is 2.06. The van der Waals surface area contributed by atoms with E-state index in [1.807, 2.05) is 0 Å². The summed E-state index contributed by atoms with van der Waals surface area (Å²) in [6.45, 7) is 3.46. The molecule has 0 spiro atoms. The van der Waals surface area contributed by atoms with Gasteiger partial charge in [-0.2, -0.15) is 0 Å². The number of ether oxygens (including phenoxy) is 1. The van der Waals surface area contributed by atoms with Crippen molar-refractivity contribution in [2.75, 3.05) is 7.11 Å². The first-order valence-electron chi connectivity index (χ1n) is 3.75. The molecule has 0 amide bonds. The van der Waals surface area contributed by atoms with Crippen molar-refractivity contribution in [2.24, 2.45) is 5.73 Å². The molecule has 0 saturated carbocycles. The molecule has 0 bridgehead atoms. The first kappa shape index (κ1) is 14.0. The van der Waals surface area contributed by atoms with E-state index in [0.29, 0.717) is 0 Å². The van der Waals surface area contributed by atoms with E-state index in [4.69, 9.17) is 45.3 Å². The van der Waals surface area contributed by atoms with Crippen molar-refractivity contribution in [1.29, 1.82) is 0 Å². The maximum absolute atomic E-state index is 11.3. The highest BCUT2D eigenvalue weighted by molar-refractivity contribution is 6.77. The number of alkyl halides is 3. The summed E-state index contributed by atoms with van der Waals surface area (Å²) in [5.41, 5.74) is 4.64. The summed E-state index contributed by atoms with van der Waals surface area (Å²) < 4.78 is 3.01. The van der Waals surface area contributed by atoms with Crippen LogP contribution in [-0.4, -0.2) is 22.3 Å². The van der Waals surface area contributed by atoms with Crippen molar-refractivity contribution in [3.63, 3.8) is 0 Å². The van der Waals surface area contributed by atoms with Crippen LogP contribution in [-0.2, 0) is 9.53 Å². The van der Waals surface area contributed by atoms with Gasteiger partial charge in [-0.05, 0) is 19.9 Å². The SMILES string of the molecule is COC(C)(C)/C=C(\N)C(=O)C(Cl)(Cl)Cl. The van der Waals surface area contributed by atoms with Crippen LogP contribution < -0.4 is 5.73 Å². The van der Waals surface area contributed by atoms with Crippen LogP contribution in [0.15, 0.2) is 11.8 Å². The lowest BCUT2D eigenvalue weighted by molar-refractivity contribution is -0.115. The van der Waals surface area contributed by atoms with Crippen LogP contribution in [0.4, 0.5) is 0 Å². The van der Waals surface area contributed by atoms with Gasteiger partial charge in [0.05, 0.1) is 11.3 Å². The number of carbonyl (C=O) groups is 1. The fourth-order valence-electron chi connectivity index (χ4n) is 0.663. The minimum absolute atomic E-state index is 0.128. The maximum Gasteiger partial charge on any atom is 0.254 e.